The van der Waals surface area contributed by atoms with E-state index in [4.69, 9.17) is 0 Å². The Morgan fingerprint density at radius 2 is 1.62 bits per heavy atom. The van der Waals surface area contributed by atoms with E-state index in [0.717, 1.165) is 12.1 Å². The summed E-state index contributed by atoms with van der Waals surface area (Å²) in [5.41, 5.74) is 1.79. The molecule has 1 heterocycles. The number of hydrogen-bond donors (Lipinski definition) is 2. The number of amides is 1. The van der Waals surface area contributed by atoms with Crippen molar-refractivity contribution in [2.45, 2.75) is 6.18 Å². The van der Waals surface area contributed by atoms with Crippen LogP contribution in [-0.4, -0.2) is 21.6 Å². The molecule has 2 N–H and O–H groups in total. The number of rotatable bonds is 4. The molecule has 0 fully saturated rings. The SMILES string of the molecule is Cn1c(C(=O)O)cc2cc(NC(=O)c3ccccc3-c3ccc(C(F)(F)F)cc3)ccc21. The fraction of sp³-hybridized carbons (Fsp3) is 0.0833. The first-order valence-corrected chi connectivity index (χ1v) is 9.56. The maximum atomic E-state index is 13.0. The minimum Gasteiger partial charge on any atom is -0.477 e. The van der Waals surface area contributed by atoms with Crippen LogP contribution in [0.4, 0.5) is 18.9 Å². The predicted molar refractivity (Wildman–Crippen MR) is 115 cm³/mol. The smallest absolute Gasteiger partial charge is 0.416 e. The topological polar surface area (TPSA) is 71.3 Å². The van der Waals surface area contributed by atoms with Gasteiger partial charge in [-0.3, -0.25) is 4.79 Å². The molecule has 0 atom stereocenters. The zero-order valence-corrected chi connectivity index (χ0v) is 16.8. The van der Waals surface area contributed by atoms with Crippen LogP contribution in [0.15, 0.2) is 72.8 Å². The van der Waals surface area contributed by atoms with Gasteiger partial charge in [0.15, 0.2) is 0 Å². The van der Waals surface area contributed by atoms with Crippen LogP contribution in [0.25, 0.3) is 22.0 Å². The Morgan fingerprint density at radius 1 is 0.938 bits per heavy atom. The van der Waals surface area contributed by atoms with Crippen LogP contribution in [-0.2, 0) is 13.2 Å². The molecule has 0 saturated heterocycles. The zero-order chi connectivity index (χ0) is 23.0. The van der Waals surface area contributed by atoms with Crippen molar-refractivity contribution < 1.29 is 27.9 Å². The van der Waals surface area contributed by atoms with Crippen molar-refractivity contribution in [3.63, 3.8) is 0 Å². The van der Waals surface area contributed by atoms with Gasteiger partial charge in [-0.2, -0.15) is 13.2 Å². The van der Waals surface area contributed by atoms with E-state index >= 15 is 0 Å². The number of fused-ring (bicyclic) bond motifs is 1. The third-order valence-corrected chi connectivity index (χ3v) is 5.21. The summed E-state index contributed by atoms with van der Waals surface area (Å²) in [7, 11) is 1.64. The zero-order valence-electron chi connectivity index (χ0n) is 16.8. The maximum Gasteiger partial charge on any atom is 0.416 e. The average molecular weight is 438 g/mol. The Bertz CT molecular complexity index is 1340. The number of halogens is 3. The van der Waals surface area contributed by atoms with Crippen molar-refractivity contribution in [3.8, 4) is 11.1 Å². The molecule has 4 rings (SSSR count). The highest BCUT2D eigenvalue weighted by Crippen LogP contribution is 2.32. The molecule has 0 unspecified atom stereocenters. The minimum absolute atomic E-state index is 0.121. The molecule has 0 aliphatic carbocycles. The second-order valence-corrected chi connectivity index (χ2v) is 7.24. The quantitative estimate of drug-likeness (QED) is 0.422. The van der Waals surface area contributed by atoms with Gasteiger partial charge in [-0.15, -0.1) is 0 Å². The van der Waals surface area contributed by atoms with Gasteiger partial charge in [0, 0.05) is 29.2 Å². The Morgan fingerprint density at radius 3 is 2.28 bits per heavy atom. The largest absolute Gasteiger partial charge is 0.477 e. The van der Waals surface area contributed by atoms with E-state index in [1.54, 1.807) is 54.1 Å². The van der Waals surface area contributed by atoms with Crippen molar-refractivity contribution in [2.75, 3.05) is 5.32 Å². The summed E-state index contributed by atoms with van der Waals surface area (Å²) >= 11 is 0. The lowest BCUT2D eigenvalue weighted by Crippen LogP contribution is -2.13. The highest BCUT2D eigenvalue weighted by atomic mass is 19.4. The molecule has 0 aliphatic rings. The number of benzene rings is 3. The summed E-state index contributed by atoms with van der Waals surface area (Å²) < 4.78 is 40.1. The molecule has 1 amide bonds. The van der Waals surface area contributed by atoms with E-state index in [1.165, 1.54) is 18.2 Å². The molecule has 3 aromatic carbocycles. The Balaban J connectivity index is 1.64. The number of alkyl halides is 3. The normalized spacial score (nSPS) is 11.5. The van der Waals surface area contributed by atoms with Gasteiger partial charge < -0.3 is 15.0 Å². The van der Waals surface area contributed by atoms with Gasteiger partial charge in [-0.25, -0.2) is 4.79 Å². The van der Waals surface area contributed by atoms with Crippen molar-refractivity contribution >= 4 is 28.5 Å². The molecule has 8 heteroatoms. The van der Waals surface area contributed by atoms with E-state index < -0.39 is 23.6 Å². The molecule has 162 valence electrons. The summed E-state index contributed by atoms with van der Waals surface area (Å²) in [5, 5.41) is 12.7. The summed E-state index contributed by atoms with van der Waals surface area (Å²) in [6.45, 7) is 0. The van der Waals surface area contributed by atoms with Gasteiger partial charge in [0.05, 0.1) is 5.56 Å². The van der Waals surface area contributed by atoms with Crippen LogP contribution < -0.4 is 5.32 Å². The number of carboxylic acid groups (broad SMARTS) is 1. The lowest BCUT2D eigenvalue weighted by Gasteiger charge is -2.12. The third kappa shape index (κ3) is 3.94. The molecular weight excluding hydrogens is 421 g/mol. The van der Waals surface area contributed by atoms with Crippen molar-refractivity contribution in [1.82, 2.24) is 4.57 Å². The van der Waals surface area contributed by atoms with Gasteiger partial charge in [0.25, 0.3) is 5.91 Å². The van der Waals surface area contributed by atoms with Crippen LogP contribution in [0.5, 0.6) is 0 Å². The number of aromatic nitrogens is 1. The molecule has 0 spiro atoms. The van der Waals surface area contributed by atoms with Crippen LogP contribution in [0, 0.1) is 0 Å². The van der Waals surface area contributed by atoms with Gasteiger partial charge in [0.1, 0.15) is 5.69 Å². The van der Waals surface area contributed by atoms with Crippen LogP contribution in [0.3, 0.4) is 0 Å². The first kappa shape index (κ1) is 21.2. The second kappa shape index (κ2) is 7.88. The number of aryl methyl sites for hydroxylation is 1. The Kier molecular flexibility index (Phi) is 5.22. The fourth-order valence-corrected chi connectivity index (χ4v) is 3.60. The maximum absolute atomic E-state index is 13.0. The molecular formula is C24H17F3N2O3. The number of anilines is 1. The van der Waals surface area contributed by atoms with Gasteiger partial charge >= 0.3 is 12.1 Å². The Labute approximate surface area is 180 Å². The van der Waals surface area contributed by atoms with E-state index in [0.29, 0.717) is 33.3 Å². The van der Waals surface area contributed by atoms with Crippen LogP contribution in [0.1, 0.15) is 26.4 Å². The summed E-state index contributed by atoms with van der Waals surface area (Å²) in [5.74, 6) is -1.49. The number of aromatic carboxylic acids is 1. The molecule has 0 radical (unpaired) electrons. The summed E-state index contributed by atoms with van der Waals surface area (Å²) in [4.78, 5) is 24.3. The number of carbonyl (C=O) groups excluding carboxylic acids is 1. The standard InChI is InChI=1S/C24H17F3N2O3/c1-29-20-11-10-17(12-15(20)13-21(29)23(31)32)28-22(30)19-5-3-2-4-18(19)14-6-8-16(9-7-14)24(25,26)27/h2-13H,1H3,(H,28,30)(H,31,32). The number of carboxylic acids is 1. The highest BCUT2D eigenvalue weighted by molar-refractivity contribution is 6.09. The molecule has 5 nitrogen and oxygen atoms in total. The summed E-state index contributed by atoms with van der Waals surface area (Å²) in [6, 6.07) is 17.8. The van der Waals surface area contributed by atoms with E-state index in [1.807, 2.05) is 0 Å². The molecule has 0 aliphatic heterocycles. The predicted octanol–water partition coefficient (Wildman–Crippen LogP) is 5.81. The first-order chi connectivity index (χ1) is 15.1. The molecule has 0 bridgehead atoms. The van der Waals surface area contributed by atoms with E-state index in [-0.39, 0.29) is 5.69 Å². The van der Waals surface area contributed by atoms with Gasteiger partial charge in [-0.1, -0.05) is 30.3 Å². The third-order valence-electron chi connectivity index (χ3n) is 5.21. The average Bonchev–Trinajstić information content (AvgIpc) is 3.09. The number of nitrogens with zero attached hydrogens (tertiary/aromatic N) is 1. The molecule has 1 aromatic heterocycles. The molecule has 32 heavy (non-hydrogen) atoms. The van der Waals surface area contributed by atoms with Gasteiger partial charge in [0.2, 0.25) is 0 Å². The number of nitrogens with one attached hydrogen (secondary N) is 1. The van der Waals surface area contributed by atoms with Crippen molar-refractivity contribution in [3.05, 3.63) is 89.6 Å². The van der Waals surface area contributed by atoms with E-state index in [2.05, 4.69) is 5.32 Å². The first-order valence-electron chi connectivity index (χ1n) is 9.56. The monoisotopic (exact) mass is 438 g/mol. The van der Waals surface area contributed by atoms with Crippen LogP contribution >= 0.6 is 0 Å². The minimum atomic E-state index is -4.44. The lowest BCUT2D eigenvalue weighted by molar-refractivity contribution is -0.137. The highest BCUT2D eigenvalue weighted by Gasteiger charge is 2.30. The fourth-order valence-electron chi connectivity index (χ4n) is 3.60. The Hall–Kier alpha value is -4.07. The summed E-state index contributed by atoms with van der Waals surface area (Å²) in [6.07, 6.45) is -4.44. The number of carbonyl (C=O) groups is 2. The van der Waals surface area contributed by atoms with Crippen molar-refractivity contribution in [1.29, 1.82) is 0 Å². The molecule has 0 saturated carbocycles. The van der Waals surface area contributed by atoms with Crippen molar-refractivity contribution in [2.24, 2.45) is 7.05 Å². The lowest BCUT2D eigenvalue weighted by atomic mass is 9.98. The molecule has 4 aromatic rings. The van der Waals surface area contributed by atoms with E-state index in [9.17, 15) is 27.9 Å². The van der Waals surface area contributed by atoms with Gasteiger partial charge in [-0.05, 0) is 53.6 Å². The van der Waals surface area contributed by atoms with Crippen LogP contribution in [0.2, 0.25) is 0 Å². The number of hydrogen-bond acceptors (Lipinski definition) is 2. The second-order valence-electron chi connectivity index (χ2n) is 7.24.